The predicted molar refractivity (Wildman–Crippen MR) is 61.6 cm³/mol. The van der Waals surface area contributed by atoms with Gasteiger partial charge in [0.2, 0.25) is 0 Å². The van der Waals surface area contributed by atoms with Gasteiger partial charge in [0.05, 0.1) is 6.10 Å². The lowest BCUT2D eigenvalue weighted by atomic mass is 9.89. The van der Waals surface area contributed by atoms with E-state index < -0.39 is 0 Å². The third-order valence-electron chi connectivity index (χ3n) is 3.25. The maximum absolute atomic E-state index is 10.2. The molecule has 0 radical (unpaired) electrons. The van der Waals surface area contributed by atoms with Gasteiger partial charge in [-0.3, -0.25) is 0 Å². The van der Waals surface area contributed by atoms with E-state index in [1.54, 1.807) is 0 Å². The third-order valence-corrected chi connectivity index (χ3v) is 3.25. The number of aliphatic hydroxyl groups is 1. The molecule has 1 heterocycles. The summed E-state index contributed by atoms with van der Waals surface area (Å²) in [5.41, 5.74) is 1.05. The summed E-state index contributed by atoms with van der Waals surface area (Å²) in [7, 11) is 2.13. The van der Waals surface area contributed by atoms with Crippen LogP contribution in [-0.2, 0) is 0 Å². The van der Waals surface area contributed by atoms with E-state index >= 15 is 0 Å². The Morgan fingerprint density at radius 3 is 2.73 bits per heavy atom. The zero-order valence-corrected chi connectivity index (χ0v) is 9.26. The van der Waals surface area contributed by atoms with Crippen molar-refractivity contribution in [3.63, 3.8) is 0 Å². The normalized spacial score (nSPS) is 25.1. The number of likely N-dealkylation sites (tertiary alicyclic amines) is 1. The second kappa shape index (κ2) is 4.77. The fourth-order valence-corrected chi connectivity index (χ4v) is 2.39. The van der Waals surface area contributed by atoms with Crippen LogP contribution >= 0.6 is 0 Å². The zero-order chi connectivity index (χ0) is 10.7. The van der Waals surface area contributed by atoms with Gasteiger partial charge in [-0.1, -0.05) is 30.3 Å². The maximum atomic E-state index is 10.2. The van der Waals surface area contributed by atoms with Crippen LogP contribution in [0.2, 0.25) is 0 Å². The molecule has 1 aromatic carbocycles. The Bertz CT molecular complexity index is 299. The molecule has 15 heavy (non-hydrogen) atoms. The molecule has 0 amide bonds. The number of aliphatic hydroxyl groups excluding tert-OH is 1. The lowest BCUT2D eigenvalue weighted by Crippen LogP contribution is -2.35. The summed E-state index contributed by atoms with van der Waals surface area (Å²) in [5, 5.41) is 10.2. The van der Waals surface area contributed by atoms with Crippen molar-refractivity contribution in [1.82, 2.24) is 4.90 Å². The Kier molecular flexibility index (Phi) is 3.39. The minimum absolute atomic E-state index is 0.297. The van der Waals surface area contributed by atoms with Crippen molar-refractivity contribution in [3.8, 4) is 0 Å². The number of hydrogen-bond donors (Lipinski definition) is 1. The average molecular weight is 205 g/mol. The Balaban J connectivity index is 2.04. The van der Waals surface area contributed by atoms with Crippen molar-refractivity contribution in [3.05, 3.63) is 35.9 Å². The Hall–Kier alpha value is -0.860. The van der Waals surface area contributed by atoms with E-state index in [4.69, 9.17) is 0 Å². The zero-order valence-electron chi connectivity index (χ0n) is 9.26. The van der Waals surface area contributed by atoms with Gasteiger partial charge < -0.3 is 10.0 Å². The summed E-state index contributed by atoms with van der Waals surface area (Å²) in [4.78, 5) is 2.31. The van der Waals surface area contributed by atoms with E-state index in [1.807, 2.05) is 30.3 Å². The Morgan fingerprint density at radius 2 is 2.07 bits per heavy atom. The second-order valence-corrected chi connectivity index (χ2v) is 4.52. The molecule has 2 heteroatoms. The summed E-state index contributed by atoms with van der Waals surface area (Å²) in [6.07, 6.45) is 2.04. The lowest BCUT2D eigenvalue weighted by Gasteiger charge is -2.32. The molecule has 1 aromatic rings. The first-order chi connectivity index (χ1) is 7.27. The molecule has 2 rings (SSSR count). The van der Waals surface area contributed by atoms with Crippen molar-refractivity contribution in [1.29, 1.82) is 0 Å². The fourth-order valence-electron chi connectivity index (χ4n) is 2.39. The molecule has 1 N–H and O–H groups in total. The van der Waals surface area contributed by atoms with E-state index in [0.717, 1.165) is 25.1 Å². The van der Waals surface area contributed by atoms with Gasteiger partial charge in [-0.2, -0.15) is 0 Å². The molecular formula is C13H19NO. The summed E-state index contributed by atoms with van der Waals surface area (Å²) in [5.74, 6) is 0.395. The van der Waals surface area contributed by atoms with Crippen molar-refractivity contribution in [2.75, 3.05) is 20.1 Å². The monoisotopic (exact) mass is 205 g/mol. The molecule has 0 saturated carbocycles. The highest BCUT2D eigenvalue weighted by molar-refractivity contribution is 5.18. The molecule has 0 aliphatic carbocycles. The van der Waals surface area contributed by atoms with E-state index in [1.165, 1.54) is 6.42 Å². The number of nitrogens with zero attached hydrogens (tertiary/aromatic N) is 1. The number of benzene rings is 1. The van der Waals surface area contributed by atoms with E-state index in [9.17, 15) is 5.11 Å². The van der Waals surface area contributed by atoms with Gasteiger partial charge in [-0.15, -0.1) is 0 Å². The van der Waals surface area contributed by atoms with E-state index in [2.05, 4.69) is 11.9 Å². The van der Waals surface area contributed by atoms with Gasteiger partial charge in [-0.25, -0.2) is 0 Å². The number of piperidine rings is 1. The fraction of sp³-hybridized carbons (Fsp3) is 0.538. The molecule has 1 aliphatic heterocycles. The maximum Gasteiger partial charge on any atom is 0.0830 e. The van der Waals surface area contributed by atoms with E-state index in [-0.39, 0.29) is 6.10 Å². The SMILES string of the molecule is CN1CCC[C@@H]([C@@H](O)c2ccccc2)C1. The topological polar surface area (TPSA) is 23.5 Å². The summed E-state index contributed by atoms with van der Waals surface area (Å²) < 4.78 is 0. The first-order valence-corrected chi connectivity index (χ1v) is 5.69. The summed E-state index contributed by atoms with van der Waals surface area (Å²) in [6, 6.07) is 10.00. The molecule has 1 aliphatic rings. The standard InChI is InChI=1S/C13H19NO/c1-14-9-5-8-12(10-14)13(15)11-6-3-2-4-7-11/h2-4,6-7,12-13,15H,5,8-10H2,1H3/t12-,13+/m1/s1. The summed E-state index contributed by atoms with van der Waals surface area (Å²) in [6.45, 7) is 2.17. The van der Waals surface area contributed by atoms with Gasteiger partial charge in [0.25, 0.3) is 0 Å². The minimum atomic E-state index is -0.297. The smallest absolute Gasteiger partial charge is 0.0830 e. The van der Waals surface area contributed by atoms with Crippen LogP contribution in [0.3, 0.4) is 0 Å². The molecule has 2 atom stereocenters. The molecule has 0 spiro atoms. The first kappa shape index (κ1) is 10.7. The molecular weight excluding hydrogens is 186 g/mol. The first-order valence-electron chi connectivity index (χ1n) is 5.69. The average Bonchev–Trinajstić information content (AvgIpc) is 2.29. The van der Waals surface area contributed by atoms with Crippen LogP contribution < -0.4 is 0 Å². The quantitative estimate of drug-likeness (QED) is 0.799. The Morgan fingerprint density at radius 1 is 1.33 bits per heavy atom. The van der Waals surface area contributed by atoms with E-state index in [0.29, 0.717) is 5.92 Å². The van der Waals surface area contributed by atoms with Crippen LogP contribution in [0.4, 0.5) is 0 Å². The Labute approximate surface area is 91.5 Å². The highest BCUT2D eigenvalue weighted by Gasteiger charge is 2.24. The largest absolute Gasteiger partial charge is 0.388 e. The van der Waals surface area contributed by atoms with Crippen LogP contribution in [0.1, 0.15) is 24.5 Å². The highest BCUT2D eigenvalue weighted by atomic mass is 16.3. The van der Waals surface area contributed by atoms with Gasteiger partial charge in [0.1, 0.15) is 0 Å². The van der Waals surface area contributed by atoms with Crippen LogP contribution in [-0.4, -0.2) is 30.1 Å². The van der Waals surface area contributed by atoms with Crippen molar-refractivity contribution >= 4 is 0 Å². The van der Waals surface area contributed by atoms with Crippen LogP contribution in [0.15, 0.2) is 30.3 Å². The molecule has 0 unspecified atom stereocenters. The predicted octanol–water partition coefficient (Wildman–Crippen LogP) is 2.06. The molecule has 0 aromatic heterocycles. The van der Waals surface area contributed by atoms with Crippen molar-refractivity contribution in [2.45, 2.75) is 18.9 Å². The van der Waals surface area contributed by atoms with Gasteiger partial charge >= 0.3 is 0 Å². The third kappa shape index (κ3) is 2.58. The number of rotatable bonds is 2. The van der Waals surface area contributed by atoms with Crippen molar-refractivity contribution in [2.24, 2.45) is 5.92 Å². The summed E-state index contributed by atoms with van der Waals surface area (Å²) >= 11 is 0. The van der Waals surface area contributed by atoms with Gasteiger partial charge in [-0.05, 0) is 32.0 Å². The minimum Gasteiger partial charge on any atom is -0.388 e. The molecule has 0 bridgehead atoms. The number of hydrogen-bond acceptors (Lipinski definition) is 2. The molecule has 82 valence electrons. The molecule has 1 fully saturated rings. The van der Waals surface area contributed by atoms with Crippen LogP contribution in [0.5, 0.6) is 0 Å². The lowest BCUT2D eigenvalue weighted by molar-refractivity contribution is 0.0592. The second-order valence-electron chi connectivity index (χ2n) is 4.52. The van der Waals surface area contributed by atoms with Crippen LogP contribution in [0, 0.1) is 5.92 Å². The van der Waals surface area contributed by atoms with Gasteiger partial charge in [0, 0.05) is 12.5 Å². The molecule has 2 nitrogen and oxygen atoms in total. The van der Waals surface area contributed by atoms with Crippen LogP contribution in [0.25, 0.3) is 0 Å². The van der Waals surface area contributed by atoms with Crippen molar-refractivity contribution < 1.29 is 5.11 Å². The molecule has 1 saturated heterocycles. The van der Waals surface area contributed by atoms with Gasteiger partial charge in [0.15, 0.2) is 0 Å². The highest BCUT2D eigenvalue weighted by Crippen LogP contribution is 2.28.